The molecule has 9 nitrogen and oxygen atoms in total. The second-order valence-electron chi connectivity index (χ2n) is 10.6. The maximum Gasteiger partial charge on any atom is 0.410 e. The molecule has 0 bridgehead atoms. The molecule has 5 unspecified atom stereocenters. The fourth-order valence-electron chi connectivity index (χ4n) is 6.34. The fraction of sp³-hybridized carbons (Fsp3) is 0.917. The SMILES string of the molecule is COC(=O)N1C(C)CN(C(=O)OC(C)C)C2CC(C3CNN(CC4CCOCC4)C3)CCC21. The number of hydrogen-bond donors (Lipinski definition) is 1. The molecule has 3 heterocycles. The number of carbonyl (C=O) groups is 2. The molecule has 4 aliphatic rings. The molecule has 3 saturated heterocycles. The molecular weight excluding hydrogens is 424 g/mol. The van der Waals surface area contributed by atoms with Crippen LogP contribution < -0.4 is 5.43 Å². The van der Waals surface area contributed by atoms with Gasteiger partial charge >= 0.3 is 12.2 Å². The maximum absolute atomic E-state index is 13.0. The largest absolute Gasteiger partial charge is 0.453 e. The third-order valence-corrected chi connectivity index (χ3v) is 7.99. The van der Waals surface area contributed by atoms with E-state index in [1.165, 1.54) is 7.11 Å². The summed E-state index contributed by atoms with van der Waals surface area (Å²) in [4.78, 5) is 29.4. The van der Waals surface area contributed by atoms with Gasteiger partial charge in [0.1, 0.15) is 0 Å². The lowest BCUT2D eigenvalue weighted by molar-refractivity contribution is -0.0444. The van der Waals surface area contributed by atoms with Crippen molar-refractivity contribution < 1.29 is 23.8 Å². The van der Waals surface area contributed by atoms with Gasteiger partial charge in [-0.1, -0.05) is 0 Å². The van der Waals surface area contributed by atoms with Gasteiger partial charge in [-0.25, -0.2) is 14.6 Å². The molecule has 4 fully saturated rings. The molecule has 1 N–H and O–H groups in total. The number of nitrogens with zero attached hydrogens (tertiary/aromatic N) is 3. The summed E-state index contributed by atoms with van der Waals surface area (Å²) in [6.07, 6.45) is 4.41. The van der Waals surface area contributed by atoms with Crippen LogP contribution in [0.2, 0.25) is 0 Å². The van der Waals surface area contributed by atoms with Gasteiger partial charge in [0, 0.05) is 39.4 Å². The van der Waals surface area contributed by atoms with E-state index in [9.17, 15) is 9.59 Å². The van der Waals surface area contributed by atoms with E-state index in [0.29, 0.717) is 24.3 Å². The van der Waals surface area contributed by atoms with Crippen LogP contribution in [0.25, 0.3) is 0 Å². The minimum absolute atomic E-state index is 0.0233. The molecule has 9 heteroatoms. The van der Waals surface area contributed by atoms with E-state index in [1.54, 1.807) is 0 Å². The Morgan fingerprint density at radius 1 is 1.03 bits per heavy atom. The van der Waals surface area contributed by atoms with E-state index in [0.717, 1.165) is 65.0 Å². The predicted octanol–water partition coefficient (Wildman–Crippen LogP) is 2.70. The van der Waals surface area contributed by atoms with Crippen LogP contribution in [-0.2, 0) is 14.2 Å². The molecule has 1 aliphatic carbocycles. The van der Waals surface area contributed by atoms with Crippen molar-refractivity contribution in [2.75, 3.05) is 46.5 Å². The van der Waals surface area contributed by atoms with Crippen LogP contribution in [0.5, 0.6) is 0 Å². The first kappa shape index (κ1) is 24.5. The molecule has 0 aromatic carbocycles. The van der Waals surface area contributed by atoms with Crippen molar-refractivity contribution in [2.24, 2.45) is 17.8 Å². The van der Waals surface area contributed by atoms with E-state index in [1.807, 2.05) is 30.6 Å². The van der Waals surface area contributed by atoms with Gasteiger partial charge in [-0.3, -0.25) is 10.3 Å². The molecule has 0 aromatic rings. The van der Waals surface area contributed by atoms with Crippen LogP contribution in [0.3, 0.4) is 0 Å². The summed E-state index contributed by atoms with van der Waals surface area (Å²) in [5.41, 5.74) is 3.63. The van der Waals surface area contributed by atoms with Crippen molar-refractivity contribution in [2.45, 2.75) is 77.1 Å². The summed E-state index contributed by atoms with van der Waals surface area (Å²) in [6, 6.07) is -0.155. The molecule has 0 radical (unpaired) electrons. The van der Waals surface area contributed by atoms with Crippen molar-refractivity contribution in [3.05, 3.63) is 0 Å². The summed E-state index contributed by atoms with van der Waals surface area (Å²) < 4.78 is 16.2. The van der Waals surface area contributed by atoms with Crippen LogP contribution in [0.15, 0.2) is 0 Å². The number of amides is 2. The quantitative estimate of drug-likeness (QED) is 0.682. The topological polar surface area (TPSA) is 83.6 Å². The Bertz CT molecular complexity index is 686. The first-order valence-electron chi connectivity index (χ1n) is 12.8. The Kier molecular flexibility index (Phi) is 8.02. The second kappa shape index (κ2) is 10.8. The highest BCUT2D eigenvalue weighted by molar-refractivity contribution is 5.72. The minimum atomic E-state index is -0.294. The number of carbonyl (C=O) groups excluding carboxylic acids is 2. The highest BCUT2D eigenvalue weighted by atomic mass is 16.6. The third kappa shape index (κ3) is 5.57. The first-order chi connectivity index (χ1) is 15.9. The molecule has 5 atom stereocenters. The Hall–Kier alpha value is -1.58. The molecule has 0 aromatic heterocycles. The van der Waals surface area contributed by atoms with Crippen molar-refractivity contribution in [1.82, 2.24) is 20.2 Å². The minimum Gasteiger partial charge on any atom is -0.453 e. The van der Waals surface area contributed by atoms with E-state index < -0.39 is 0 Å². The average molecular weight is 467 g/mol. The summed E-state index contributed by atoms with van der Waals surface area (Å²) in [5.74, 6) is 1.77. The molecule has 3 aliphatic heterocycles. The Balaban J connectivity index is 1.43. The van der Waals surface area contributed by atoms with Crippen molar-refractivity contribution >= 4 is 12.2 Å². The molecule has 0 spiro atoms. The zero-order valence-corrected chi connectivity index (χ0v) is 20.7. The lowest BCUT2D eigenvalue weighted by atomic mass is 9.73. The fourth-order valence-corrected chi connectivity index (χ4v) is 6.34. The monoisotopic (exact) mass is 466 g/mol. The number of rotatable bonds is 4. The summed E-state index contributed by atoms with van der Waals surface area (Å²) in [5, 5.41) is 2.40. The van der Waals surface area contributed by atoms with E-state index >= 15 is 0 Å². The van der Waals surface area contributed by atoms with Gasteiger partial charge in [-0.05, 0) is 70.6 Å². The van der Waals surface area contributed by atoms with Crippen molar-refractivity contribution in [3.8, 4) is 0 Å². The second-order valence-corrected chi connectivity index (χ2v) is 10.6. The molecule has 4 rings (SSSR count). The normalized spacial score (nSPS) is 33.8. The van der Waals surface area contributed by atoms with Gasteiger partial charge in [0.15, 0.2) is 0 Å². The van der Waals surface area contributed by atoms with Gasteiger partial charge in [0.05, 0.1) is 31.3 Å². The van der Waals surface area contributed by atoms with Gasteiger partial charge in [0.2, 0.25) is 0 Å². The van der Waals surface area contributed by atoms with E-state index in [-0.39, 0.29) is 36.4 Å². The molecule has 188 valence electrons. The summed E-state index contributed by atoms with van der Waals surface area (Å²) >= 11 is 0. The standard InChI is InChI=1S/C24H42N4O5/c1-16(2)33-23(29)27-13-17(3)28(24(30)31-4)21-6-5-19(11-22(21)27)20-12-25-26(15-20)14-18-7-9-32-10-8-18/h16-22,25H,5-15H2,1-4H3. The van der Waals surface area contributed by atoms with Crippen LogP contribution >= 0.6 is 0 Å². The number of nitrogens with one attached hydrogen (secondary N) is 1. The van der Waals surface area contributed by atoms with Gasteiger partial charge < -0.3 is 19.1 Å². The number of piperazine rings is 1. The lowest BCUT2D eigenvalue weighted by Gasteiger charge is -2.53. The van der Waals surface area contributed by atoms with Gasteiger partial charge in [-0.2, -0.15) is 0 Å². The zero-order chi connectivity index (χ0) is 23.5. The highest BCUT2D eigenvalue weighted by Gasteiger charge is 2.49. The summed E-state index contributed by atoms with van der Waals surface area (Å²) in [7, 11) is 1.44. The summed E-state index contributed by atoms with van der Waals surface area (Å²) in [6.45, 7) is 11.1. The molecule has 2 amide bonds. The van der Waals surface area contributed by atoms with Crippen LogP contribution in [0.4, 0.5) is 9.59 Å². The number of ether oxygens (including phenoxy) is 3. The Morgan fingerprint density at radius 2 is 1.79 bits per heavy atom. The number of hydrazine groups is 1. The molecular formula is C24H42N4O5. The van der Waals surface area contributed by atoms with Crippen LogP contribution in [0.1, 0.15) is 52.9 Å². The van der Waals surface area contributed by atoms with Crippen LogP contribution in [-0.4, -0.2) is 97.7 Å². The van der Waals surface area contributed by atoms with Gasteiger partial charge in [-0.15, -0.1) is 0 Å². The molecule has 1 saturated carbocycles. The highest BCUT2D eigenvalue weighted by Crippen LogP contribution is 2.40. The lowest BCUT2D eigenvalue weighted by Crippen LogP contribution is -2.67. The molecule has 33 heavy (non-hydrogen) atoms. The predicted molar refractivity (Wildman–Crippen MR) is 124 cm³/mol. The van der Waals surface area contributed by atoms with Crippen molar-refractivity contribution in [3.63, 3.8) is 0 Å². The Labute approximate surface area is 198 Å². The number of fused-ring (bicyclic) bond motifs is 1. The van der Waals surface area contributed by atoms with Crippen molar-refractivity contribution in [1.29, 1.82) is 0 Å². The number of methoxy groups -OCH3 is 1. The maximum atomic E-state index is 13.0. The third-order valence-electron chi connectivity index (χ3n) is 7.99. The van der Waals surface area contributed by atoms with Crippen LogP contribution in [0, 0.1) is 17.8 Å². The van der Waals surface area contributed by atoms with E-state index in [4.69, 9.17) is 14.2 Å². The smallest absolute Gasteiger partial charge is 0.410 e. The first-order valence-corrected chi connectivity index (χ1v) is 12.8. The average Bonchev–Trinajstić information content (AvgIpc) is 3.26. The van der Waals surface area contributed by atoms with Gasteiger partial charge in [0.25, 0.3) is 0 Å². The Morgan fingerprint density at radius 3 is 2.48 bits per heavy atom. The zero-order valence-electron chi connectivity index (χ0n) is 20.7. The number of hydrogen-bond acceptors (Lipinski definition) is 7. The van der Waals surface area contributed by atoms with E-state index in [2.05, 4.69) is 10.4 Å².